The van der Waals surface area contributed by atoms with E-state index < -0.39 is 0 Å². The Morgan fingerprint density at radius 2 is 2.10 bits per heavy atom. The van der Waals surface area contributed by atoms with E-state index in [-0.39, 0.29) is 0 Å². The lowest BCUT2D eigenvalue weighted by Gasteiger charge is -2.27. The summed E-state index contributed by atoms with van der Waals surface area (Å²) in [5.74, 6) is 1.80. The topological polar surface area (TPSA) is 15.3 Å². The Morgan fingerprint density at radius 1 is 1.20 bits per heavy atom. The van der Waals surface area contributed by atoms with Gasteiger partial charge in [-0.2, -0.15) is 0 Å². The third-order valence-corrected chi connectivity index (χ3v) is 5.79. The molecular formula is C18H26N2. The van der Waals surface area contributed by atoms with Crippen molar-refractivity contribution < 1.29 is 0 Å². The Hall–Kier alpha value is -0.860. The maximum atomic E-state index is 3.58. The Morgan fingerprint density at radius 3 is 3.00 bits per heavy atom. The minimum absolute atomic E-state index is 0.795. The monoisotopic (exact) mass is 270 g/mol. The van der Waals surface area contributed by atoms with Gasteiger partial charge in [-0.1, -0.05) is 25.1 Å². The highest BCUT2D eigenvalue weighted by Crippen LogP contribution is 2.35. The van der Waals surface area contributed by atoms with Crippen LogP contribution >= 0.6 is 0 Å². The first-order valence-electron chi connectivity index (χ1n) is 8.40. The second-order valence-electron chi connectivity index (χ2n) is 6.94. The molecule has 0 amide bonds. The van der Waals surface area contributed by atoms with E-state index >= 15 is 0 Å². The van der Waals surface area contributed by atoms with E-state index in [0.717, 1.165) is 17.9 Å². The van der Waals surface area contributed by atoms with Crippen LogP contribution in [0.25, 0.3) is 0 Å². The summed E-state index contributed by atoms with van der Waals surface area (Å²) in [5, 5.41) is 3.58. The van der Waals surface area contributed by atoms with Gasteiger partial charge in [0.15, 0.2) is 0 Å². The van der Waals surface area contributed by atoms with E-state index in [1.165, 1.54) is 57.4 Å². The predicted molar refractivity (Wildman–Crippen MR) is 82.8 cm³/mol. The molecule has 2 aliphatic heterocycles. The van der Waals surface area contributed by atoms with Crippen molar-refractivity contribution in [3.05, 3.63) is 34.9 Å². The molecule has 0 spiro atoms. The number of benzene rings is 1. The molecule has 1 aromatic carbocycles. The summed E-state index contributed by atoms with van der Waals surface area (Å²) < 4.78 is 0. The van der Waals surface area contributed by atoms with Crippen LogP contribution in [0.4, 0.5) is 0 Å². The molecule has 0 bridgehead atoms. The number of nitrogens with one attached hydrogen (secondary N) is 1. The van der Waals surface area contributed by atoms with Crippen LogP contribution in [0.2, 0.25) is 0 Å². The van der Waals surface area contributed by atoms with Gasteiger partial charge in [0.25, 0.3) is 0 Å². The average Bonchev–Trinajstić information content (AvgIpc) is 3.12. The van der Waals surface area contributed by atoms with Crippen LogP contribution in [-0.2, 0) is 19.4 Å². The lowest BCUT2D eigenvalue weighted by Crippen LogP contribution is -2.34. The second kappa shape index (κ2) is 5.16. The van der Waals surface area contributed by atoms with Gasteiger partial charge in [0.2, 0.25) is 0 Å². The fraction of sp³-hybridized carbons (Fsp3) is 0.667. The first-order valence-corrected chi connectivity index (χ1v) is 8.40. The second-order valence-corrected chi connectivity index (χ2v) is 6.94. The zero-order chi connectivity index (χ0) is 13.5. The molecule has 3 atom stereocenters. The minimum Gasteiger partial charge on any atom is -0.316 e. The van der Waals surface area contributed by atoms with Gasteiger partial charge in [0.05, 0.1) is 0 Å². The molecular weight excluding hydrogens is 244 g/mol. The van der Waals surface area contributed by atoms with Crippen molar-refractivity contribution in [1.29, 1.82) is 0 Å². The molecule has 0 aromatic heterocycles. The molecule has 3 aliphatic rings. The number of nitrogens with zero attached hydrogens (tertiary/aromatic N) is 1. The summed E-state index contributed by atoms with van der Waals surface area (Å²) in [4.78, 5) is 2.76. The molecule has 2 nitrogen and oxygen atoms in total. The molecule has 1 aliphatic carbocycles. The minimum atomic E-state index is 0.795. The van der Waals surface area contributed by atoms with E-state index in [1.54, 1.807) is 11.1 Å². The lowest BCUT2D eigenvalue weighted by atomic mass is 9.93. The third-order valence-electron chi connectivity index (χ3n) is 5.79. The fourth-order valence-electron chi connectivity index (χ4n) is 4.81. The summed E-state index contributed by atoms with van der Waals surface area (Å²) >= 11 is 0. The van der Waals surface area contributed by atoms with Crippen LogP contribution in [0.1, 0.15) is 36.5 Å². The molecule has 0 radical (unpaired) electrons. The van der Waals surface area contributed by atoms with Gasteiger partial charge in [-0.25, -0.2) is 0 Å². The summed E-state index contributed by atoms with van der Waals surface area (Å²) in [6, 6.07) is 8.05. The van der Waals surface area contributed by atoms with Crippen molar-refractivity contribution in [3.8, 4) is 0 Å². The normalized spacial score (nSPS) is 32.5. The van der Waals surface area contributed by atoms with Crippen LogP contribution < -0.4 is 5.32 Å². The molecule has 1 aromatic rings. The molecule has 2 heterocycles. The summed E-state index contributed by atoms with van der Waals surface area (Å²) in [7, 11) is 0. The molecule has 4 rings (SSSR count). The summed E-state index contributed by atoms with van der Waals surface area (Å²) in [6.45, 7) is 7.30. The molecule has 108 valence electrons. The average molecular weight is 270 g/mol. The van der Waals surface area contributed by atoms with Crippen LogP contribution in [0.15, 0.2) is 18.2 Å². The van der Waals surface area contributed by atoms with Crippen LogP contribution in [0.3, 0.4) is 0 Å². The standard InChI is InChI=1S/C18H26N2/c1-2-18-17-10-19-9-16(17)12-20(18)11-13-6-7-14-4-3-5-15(14)8-13/h6-8,16-19H,2-5,9-12H2,1H3. The van der Waals surface area contributed by atoms with Crippen LogP contribution in [0.5, 0.6) is 0 Å². The molecule has 2 saturated heterocycles. The first-order chi connectivity index (χ1) is 9.85. The number of hydrogen-bond donors (Lipinski definition) is 1. The third kappa shape index (κ3) is 2.10. The van der Waals surface area contributed by atoms with E-state index in [9.17, 15) is 0 Å². The quantitative estimate of drug-likeness (QED) is 0.908. The molecule has 2 heteroatoms. The van der Waals surface area contributed by atoms with Gasteiger partial charge < -0.3 is 5.32 Å². The Balaban J connectivity index is 1.51. The zero-order valence-electron chi connectivity index (χ0n) is 12.6. The van der Waals surface area contributed by atoms with E-state index in [1.807, 2.05) is 0 Å². The highest BCUT2D eigenvalue weighted by Gasteiger charge is 2.42. The van der Waals surface area contributed by atoms with Crippen molar-refractivity contribution in [2.24, 2.45) is 11.8 Å². The number of fused-ring (bicyclic) bond motifs is 2. The molecule has 1 N–H and O–H groups in total. The summed E-state index contributed by atoms with van der Waals surface area (Å²) in [6.07, 6.45) is 5.26. The number of likely N-dealkylation sites (tertiary alicyclic amines) is 1. The van der Waals surface area contributed by atoms with E-state index in [0.29, 0.717) is 0 Å². The van der Waals surface area contributed by atoms with Crippen molar-refractivity contribution in [2.45, 2.75) is 45.2 Å². The van der Waals surface area contributed by atoms with Crippen LogP contribution in [0, 0.1) is 11.8 Å². The Bertz CT molecular complexity index is 496. The molecule has 2 fully saturated rings. The molecule has 20 heavy (non-hydrogen) atoms. The van der Waals surface area contributed by atoms with E-state index in [4.69, 9.17) is 0 Å². The fourth-order valence-corrected chi connectivity index (χ4v) is 4.81. The molecule has 3 unspecified atom stereocenters. The first kappa shape index (κ1) is 12.8. The number of aryl methyl sites for hydroxylation is 2. The van der Waals surface area contributed by atoms with Gasteiger partial charge in [0.1, 0.15) is 0 Å². The zero-order valence-corrected chi connectivity index (χ0v) is 12.6. The van der Waals surface area contributed by atoms with Crippen molar-refractivity contribution in [2.75, 3.05) is 19.6 Å². The van der Waals surface area contributed by atoms with Gasteiger partial charge in [-0.3, -0.25) is 4.90 Å². The van der Waals surface area contributed by atoms with Crippen molar-refractivity contribution in [3.63, 3.8) is 0 Å². The highest BCUT2D eigenvalue weighted by molar-refractivity contribution is 5.35. The number of rotatable bonds is 3. The summed E-state index contributed by atoms with van der Waals surface area (Å²) in [5.41, 5.74) is 4.76. The largest absolute Gasteiger partial charge is 0.316 e. The Kier molecular flexibility index (Phi) is 3.31. The number of hydrogen-bond acceptors (Lipinski definition) is 2. The predicted octanol–water partition coefficient (Wildman–Crippen LogP) is 2.61. The van der Waals surface area contributed by atoms with Crippen LogP contribution in [-0.4, -0.2) is 30.6 Å². The maximum Gasteiger partial charge on any atom is 0.0237 e. The van der Waals surface area contributed by atoms with Gasteiger partial charge in [-0.05, 0) is 67.3 Å². The molecule has 0 saturated carbocycles. The Labute approximate surface area is 122 Å². The van der Waals surface area contributed by atoms with Gasteiger partial charge >= 0.3 is 0 Å². The maximum absolute atomic E-state index is 3.58. The van der Waals surface area contributed by atoms with E-state index in [2.05, 4.69) is 35.3 Å². The van der Waals surface area contributed by atoms with Crippen molar-refractivity contribution in [1.82, 2.24) is 10.2 Å². The van der Waals surface area contributed by atoms with Gasteiger partial charge in [0, 0.05) is 19.1 Å². The van der Waals surface area contributed by atoms with Gasteiger partial charge in [-0.15, -0.1) is 0 Å². The lowest BCUT2D eigenvalue weighted by molar-refractivity contribution is 0.210. The SMILES string of the molecule is CCC1C2CNCC2CN1Cc1ccc2c(c1)CCC2. The van der Waals surface area contributed by atoms with Crippen molar-refractivity contribution >= 4 is 0 Å². The smallest absolute Gasteiger partial charge is 0.0237 e. The highest BCUT2D eigenvalue weighted by atomic mass is 15.2.